The number of hydrogen-bond acceptors (Lipinski definition) is 4. The highest BCUT2D eigenvalue weighted by Gasteiger charge is 2.26. The van der Waals surface area contributed by atoms with Crippen LogP contribution in [-0.2, 0) is 14.8 Å². The van der Waals surface area contributed by atoms with E-state index in [-0.39, 0.29) is 17.3 Å². The highest BCUT2D eigenvalue weighted by Crippen LogP contribution is 2.25. The standard InChI is InChI=1S/C20H24ClN3O3S/c1-15-8-9-18(28(26,27)24-10-3-2-4-11-24)13-19(15)22-14-20(25)23-17-7-5-6-16(21)12-17/h5-9,12-13,22H,2-4,10-11,14H2,1H3,(H,23,25). The van der Waals surface area contributed by atoms with Crippen LogP contribution in [0.5, 0.6) is 0 Å². The molecule has 6 nitrogen and oxygen atoms in total. The van der Waals surface area contributed by atoms with Crippen molar-refractivity contribution in [3.05, 3.63) is 53.1 Å². The van der Waals surface area contributed by atoms with E-state index in [2.05, 4.69) is 10.6 Å². The topological polar surface area (TPSA) is 78.5 Å². The van der Waals surface area contributed by atoms with Crippen LogP contribution in [0.4, 0.5) is 11.4 Å². The summed E-state index contributed by atoms with van der Waals surface area (Å²) in [4.78, 5) is 12.4. The minimum absolute atomic E-state index is 0.0145. The summed E-state index contributed by atoms with van der Waals surface area (Å²) >= 11 is 5.92. The van der Waals surface area contributed by atoms with Crippen LogP contribution in [0.15, 0.2) is 47.4 Å². The van der Waals surface area contributed by atoms with Gasteiger partial charge in [0.15, 0.2) is 0 Å². The van der Waals surface area contributed by atoms with Gasteiger partial charge < -0.3 is 10.6 Å². The molecular weight excluding hydrogens is 398 g/mol. The van der Waals surface area contributed by atoms with Gasteiger partial charge in [0.2, 0.25) is 15.9 Å². The number of amides is 1. The lowest BCUT2D eigenvalue weighted by molar-refractivity contribution is -0.114. The molecule has 0 unspecified atom stereocenters. The largest absolute Gasteiger partial charge is 0.376 e. The van der Waals surface area contributed by atoms with E-state index >= 15 is 0 Å². The fourth-order valence-corrected chi connectivity index (χ4v) is 4.89. The van der Waals surface area contributed by atoms with E-state index in [0.717, 1.165) is 24.8 Å². The van der Waals surface area contributed by atoms with Crippen LogP contribution >= 0.6 is 11.6 Å². The quantitative estimate of drug-likeness (QED) is 0.742. The molecule has 0 bridgehead atoms. The van der Waals surface area contributed by atoms with Gasteiger partial charge in [-0.3, -0.25) is 4.79 Å². The number of nitrogens with zero attached hydrogens (tertiary/aromatic N) is 1. The predicted octanol–water partition coefficient (Wildman–Crippen LogP) is 3.87. The molecule has 2 N–H and O–H groups in total. The summed E-state index contributed by atoms with van der Waals surface area (Å²) in [7, 11) is -3.52. The molecule has 0 spiro atoms. The Hall–Kier alpha value is -2.09. The third-order valence-electron chi connectivity index (χ3n) is 4.71. The van der Waals surface area contributed by atoms with Crippen LogP contribution in [0.3, 0.4) is 0 Å². The Morgan fingerprint density at radius 2 is 1.86 bits per heavy atom. The van der Waals surface area contributed by atoms with Crippen molar-refractivity contribution in [1.29, 1.82) is 0 Å². The van der Waals surface area contributed by atoms with Crippen LogP contribution < -0.4 is 10.6 Å². The molecule has 2 aromatic rings. The van der Waals surface area contributed by atoms with Crippen molar-refractivity contribution in [2.45, 2.75) is 31.1 Å². The first-order chi connectivity index (χ1) is 13.4. The van der Waals surface area contributed by atoms with Crippen molar-refractivity contribution in [1.82, 2.24) is 4.31 Å². The molecule has 0 aromatic heterocycles. The van der Waals surface area contributed by atoms with Crippen molar-refractivity contribution in [3.8, 4) is 0 Å². The molecule has 3 rings (SSSR count). The summed E-state index contributed by atoms with van der Waals surface area (Å²) in [6.45, 7) is 3.00. The van der Waals surface area contributed by atoms with Gasteiger partial charge in [0.1, 0.15) is 0 Å². The van der Waals surface area contributed by atoms with Crippen LogP contribution in [0, 0.1) is 6.92 Å². The Kier molecular flexibility index (Phi) is 6.59. The molecule has 0 atom stereocenters. The molecule has 0 radical (unpaired) electrons. The fourth-order valence-electron chi connectivity index (χ4n) is 3.15. The van der Waals surface area contributed by atoms with E-state index in [1.807, 2.05) is 6.92 Å². The van der Waals surface area contributed by atoms with E-state index in [4.69, 9.17) is 11.6 Å². The maximum Gasteiger partial charge on any atom is 0.243 e. The predicted molar refractivity (Wildman–Crippen MR) is 112 cm³/mol. The SMILES string of the molecule is Cc1ccc(S(=O)(=O)N2CCCCC2)cc1NCC(=O)Nc1cccc(Cl)c1. The summed E-state index contributed by atoms with van der Waals surface area (Å²) in [6, 6.07) is 11.9. The molecule has 0 aliphatic carbocycles. The molecule has 28 heavy (non-hydrogen) atoms. The summed E-state index contributed by atoms with van der Waals surface area (Å²) in [5, 5.41) is 6.33. The summed E-state index contributed by atoms with van der Waals surface area (Å²) in [5.41, 5.74) is 2.10. The molecule has 1 amide bonds. The minimum atomic E-state index is -3.52. The Morgan fingerprint density at radius 3 is 2.57 bits per heavy atom. The monoisotopic (exact) mass is 421 g/mol. The van der Waals surface area contributed by atoms with E-state index in [1.165, 1.54) is 4.31 Å². The first-order valence-electron chi connectivity index (χ1n) is 9.26. The zero-order valence-electron chi connectivity index (χ0n) is 15.7. The van der Waals surface area contributed by atoms with Gasteiger partial charge in [-0.05, 0) is 55.7 Å². The van der Waals surface area contributed by atoms with Gasteiger partial charge in [-0.15, -0.1) is 0 Å². The zero-order chi connectivity index (χ0) is 20.1. The van der Waals surface area contributed by atoms with E-state index in [0.29, 0.717) is 29.5 Å². The third kappa shape index (κ3) is 5.04. The number of sulfonamides is 1. The lowest BCUT2D eigenvalue weighted by Gasteiger charge is -2.26. The number of hydrogen-bond donors (Lipinski definition) is 2. The van der Waals surface area contributed by atoms with Gasteiger partial charge in [0.05, 0.1) is 11.4 Å². The summed E-state index contributed by atoms with van der Waals surface area (Å²) in [5.74, 6) is -0.244. The first-order valence-corrected chi connectivity index (χ1v) is 11.1. The van der Waals surface area contributed by atoms with Gasteiger partial charge in [0, 0.05) is 29.5 Å². The first kappa shape index (κ1) is 20.6. The highest BCUT2D eigenvalue weighted by molar-refractivity contribution is 7.89. The van der Waals surface area contributed by atoms with Crippen molar-refractivity contribution in [3.63, 3.8) is 0 Å². The highest BCUT2D eigenvalue weighted by atomic mass is 35.5. The lowest BCUT2D eigenvalue weighted by Crippen LogP contribution is -2.35. The molecule has 1 saturated heterocycles. The van der Waals surface area contributed by atoms with E-state index in [1.54, 1.807) is 42.5 Å². The van der Waals surface area contributed by atoms with Gasteiger partial charge in [0.25, 0.3) is 0 Å². The smallest absolute Gasteiger partial charge is 0.243 e. The Balaban J connectivity index is 1.68. The third-order valence-corrected chi connectivity index (χ3v) is 6.84. The molecular formula is C20H24ClN3O3S. The maximum absolute atomic E-state index is 12.9. The van der Waals surface area contributed by atoms with Crippen molar-refractivity contribution >= 4 is 38.9 Å². The van der Waals surface area contributed by atoms with Gasteiger partial charge >= 0.3 is 0 Å². The molecule has 8 heteroatoms. The average Bonchev–Trinajstić information content (AvgIpc) is 2.68. The number of carbonyl (C=O) groups is 1. The molecule has 1 heterocycles. The number of halogens is 1. The summed E-state index contributed by atoms with van der Waals surface area (Å²) in [6.07, 6.45) is 2.84. The van der Waals surface area contributed by atoms with Crippen molar-refractivity contribution in [2.75, 3.05) is 30.3 Å². The van der Waals surface area contributed by atoms with E-state index in [9.17, 15) is 13.2 Å². The second kappa shape index (κ2) is 8.94. The molecule has 1 fully saturated rings. The van der Waals surface area contributed by atoms with Gasteiger partial charge in [-0.25, -0.2) is 8.42 Å². The van der Waals surface area contributed by atoms with Crippen LogP contribution in [0.25, 0.3) is 0 Å². The lowest BCUT2D eigenvalue weighted by atomic mass is 10.2. The van der Waals surface area contributed by atoms with E-state index < -0.39 is 10.0 Å². The molecule has 1 aliphatic rings. The number of benzene rings is 2. The summed E-state index contributed by atoms with van der Waals surface area (Å²) < 4.78 is 27.3. The maximum atomic E-state index is 12.9. The zero-order valence-corrected chi connectivity index (χ0v) is 17.3. The van der Waals surface area contributed by atoms with Crippen LogP contribution in [0.2, 0.25) is 5.02 Å². The second-order valence-corrected chi connectivity index (χ2v) is 9.23. The van der Waals surface area contributed by atoms with Gasteiger partial charge in [-0.2, -0.15) is 4.31 Å². The molecule has 150 valence electrons. The Labute approximate surface area is 170 Å². The number of nitrogens with one attached hydrogen (secondary N) is 2. The Bertz CT molecular complexity index is 957. The van der Waals surface area contributed by atoms with Gasteiger partial charge in [-0.1, -0.05) is 30.2 Å². The number of aryl methyl sites for hydroxylation is 1. The van der Waals surface area contributed by atoms with Crippen molar-refractivity contribution < 1.29 is 13.2 Å². The second-order valence-electron chi connectivity index (χ2n) is 6.85. The average molecular weight is 422 g/mol. The number of rotatable bonds is 6. The van der Waals surface area contributed by atoms with Crippen molar-refractivity contribution in [2.24, 2.45) is 0 Å². The number of piperidine rings is 1. The number of anilines is 2. The minimum Gasteiger partial charge on any atom is -0.376 e. The molecule has 0 saturated carbocycles. The van der Waals surface area contributed by atoms with Crippen LogP contribution in [-0.4, -0.2) is 38.3 Å². The van der Waals surface area contributed by atoms with Crippen LogP contribution in [0.1, 0.15) is 24.8 Å². The normalized spacial score (nSPS) is 15.2. The molecule has 2 aromatic carbocycles. The molecule has 1 aliphatic heterocycles. The number of carbonyl (C=O) groups excluding carboxylic acids is 1. The fraction of sp³-hybridized carbons (Fsp3) is 0.350. The Morgan fingerprint density at radius 1 is 1.11 bits per heavy atom.